The average molecular weight is 263 g/mol. The number of nitrogens with two attached hydrogens (primary N) is 1. The summed E-state index contributed by atoms with van der Waals surface area (Å²) in [6.07, 6.45) is 4.63. The molecule has 0 radical (unpaired) electrons. The van der Waals surface area contributed by atoms with Gasteiger partial charge >= 0.3 is 0 Å². The molecule has 1 saturated carbocycles. The Morgan fingerprint density at radius 3 is 2.74 bits per heavy atom. The molecule has 0 saturated heterocycles. The lowest BCUT2D eigenvalue weighted by molar-refractivity contribution is 0.121. The Hall–Kier alpha value is -0.890. The third-order valence-corrected chi connectivity index (χ3v) is 4.77. The van der Waals surface area contributed by atoms with Gasteiger partial charge in [0.05, 0.1) is 0 Å². The highest BCUT2D eigenvalue weighted by Crippen LogP contribution is 2.43. The minimum absolute atomic E-state index is 0.125. The SMILES string of the molecule is Cc1ccc(F)cc1CC1CC(C)(C)CCC1CN. The lowest BCUT2D eigenvalue weighted by Crippen LogP contribution is -2.35. The van der Waals surface area contributed by atoms with E-state index in [2.05, 4.69) is 20.8 Å². The smallest absolute Gasteiger partial charge is 0.123 e. The van der Waals surface area contributed by atoms with Gasteiger partial charge in [-0.05, 0) is 79.7 Å². The molecular formula is C17H26FN. The number of halogens is 1. The third kappa shape index (κ3) is 3.56. The van der Waals surface area contributed by atoms with Gasteiger partial charge in [-0.15, -0.1) is 0 Å². The van der Waals surface area contributed by atoms with Crippen molar-refractivity contribution in [3.05, 3.63) is 35.1 Å². The fourth-order valence-corrected chi connectivity index (χ4v) is 3.48. The van der Waals surface area contributed by atoms with E-state index in [9.17, 15) is 4.39 Å². The van der Waals surface area contributed by atoms with Gasteiger partial charge in [0, 0.05) is 0 Å². The maximum Gasteiger partial charge on any atom is 0.123 e. The first kappa shape index (κ1) is 14.5. The van der Waals surface area contributed by atoms with E-state index in [1.165, 1.54) is 24.8 Å². The Labute approximate surface area is 116 Å². The molecule has 0 amide bonds. The number of hydrogen-bond donors (Lipinski definition) is 1. The van der Waals surface area contributed by atoms with E-state index in [-0.39, 0.29) is 5.82 Å². The molecule has 0 bridgehead atoms. The molecule has 2 atom stereocenters. The Balaban J connectivity index is 2.16. The predicted octanol–water partition coefficient (Wildman–Crippen LogP) is 4.08. The summed E-state index contributed by atoms with van der Waals surface area (Å²) in [6.45, 7) is 7.51. The maximum atomic E-state index is 13.4. The fourth-order valence-electron chi connectivity index (χ4n) is 3.48. The normalized spacial score (nSPS) is 26.4. The second-order valence-electron chi connectivity index (χ2n) is 6.94. The van der Waals surface area contributed by atoms with E-state index >= 15 is 0 Å². The highest BCUT2D eigenvalue weighted by molar-refractivity contribution is 5.27. The summed E-state index contributed by atoms with van der Waals surface area (Å²) in [6, 6.07) is 5.13. The van der Waals surface area contributed by atoms with Crippen molar-refractivity contribution in [3.63, 3.8) is 0 Å². The highest BCUT2D eigenvalue weighted by atomic mass is 19.1. The molecule has 19 heavy (non-hydrogen) atoms. The van der Waals surface area contributed by atoms with Crippen LogP contribution in [-0.2, 0) is 6.42 Å². The summed E-state index contributed by atoms with van der Waals surface area (Å²) in [7, 11) is 0. The third-order valence-electron chi connectivity index (χ3n) is 4.77. The molecule has 2 heteroatoms. The van der Waals surface area contributed by atoms with Crippen molar-refractivity contribution in [2.45, 2.75) is 46.5 Å². The Morgan fingerprint density at radius 2 is 2.05 bits per heavy atom. The van der Waals surface area contributed by atoms with E-state index < -0.39 is 0 Å². The zero-order valence-electron chi connectivity index (χ0n) is 12.4. The summed E-state index contributed by atoms with van der Waals surface area (Å²) in [5, 5.41) is 0. The largest absolute Gasteiger partial charge is 0.330 e. The Bertz CT molecular complexity index is 439. The first-order valence-corrected chi connectivity index (χ1v) is 7.36. The molecule has 106 valence electrons. The molecule has 1 aliphatic rings. The quantitative estimate of drug-likeness (QED) is 0.873. The summed E-state index contributed by atoms with van der Waals surface area (Å²) in [5.74, 6) is 1.06. The van der Waals surface area contributed by atoms with E-state index in [0.717, 1.165) is 18.5 Å². The second kappa shape index (κ2) is 5.62. The van der Waals surface area contributed by atoms with Crippen LogP contribution in [0.2, 0.25) is 0 Å². The molecule has 2 N–H and O–H groups in total. The van der Waals surface area contributed by atoms with Gasteiger partial charge < -0.3 is 5.73 Å². The lowest BCUT2D eigenvalue weighted by atomic mass is 9.65. The zero-order valence-corrected chi connectivity index (χ0v) is 12.4. The van der Waals surface area contributed by atoms with Crippen molar-refractivity contribution in [3.8, 4) is 0 Å². The Kier molecular flexibility index (Phi) is 4.29. The van der Waals surface area contributed by atoms with Gasteiger partial charge in [-0.3, -0.25) is 0 Å². The summed E-state index contributed by atoms with van der Waals surface area (Å²) in [4.78, 5) is 0. The van der Waals surface area contributed by atoms with Crippen molar-refractivity contribution in [1.82, 2.24) is 0 Å². The Morgan fingerprint density at radius 1 is 1.32 bits per heavy atom. The van der Waals surface area contributed by atoms with Crippen molar-refractivity contribution >= 4 is 0 Å². The molecule has 0 heterocycles. The van der Waals surface area contributed by atoms with Crippen LogP contribution < -0.4 is 5.73 Å². The number of rotatable bonds is 3. The molecule has 1 fully saturated rings. The van der Waals surface area contributed by atoms with Crippen LogP contribution in [0.15, 0.2) is 18.2 Å². The van der Waals surface area contributed by atoms with Gasteiger partial charge in [0.25, 0.3) is 0 Å². The molecule has 1 aromatic carbocycles. The standard InChI is InChI=1S/C17H26FN/c1-12-4-5-16(18)9-14(12)8-15-10-17(2,3)7-6-13(15)11-19/h4-5,9,13,15H,6-8,10-11,19H2,1-3H3. The highest BCUT2D eigenvalue weighted by Gasteiger charge is 2.34. The van der Waals surface area contributed by atoms with Crippen LogP contribution in [0.3, 0.4) is 0 Å². The van der Waals surface area contributed by atoms with Crippen molar-refractivity contribution < 1.29 is 4.39 Å². The summed E-state index contributed by atoms with van der Waals surface area (Å²) < 4.78 is 13.4. The summed E-state index contributed by atoms with van der Waals surface area (Å²) in [5.41, 5.74) is 8.68. The lowest BCUT2D eigenvalue weighted by Gasteiger charge is -2.40. The predicted molar refractivity (Wildman–Crippen MR) is 78.5 cm³/mol. The molecule has 0 spiro atoms. The van der Waals surface area contributed by atoms with Crippen LogP contribution in [0.5, 0.6) is 0 Å². The number of hydrogen-bond acceptors (Lipinski definition) is 1. The van der Waals surface area contributed by atoms with Crippen molar-refractivity contribution in [1.29, 1.82) is 0 Å². The van der Waals surface area contributed by atoms with Gasteiger partial charge in [-0.25, -0.2) is 4.39 Å². The topological polar surface area (TPSA) is 26.0 Å². The van der Waals surface area contributed by atoms with Crippen LogP contribution in [-0.4, -0.2) is 6.54 Å². The first-order chi connectivity index (χ1) is 8.91. The molecule has 1 aromatic rings. The van der Waals surface area contributed by atoms with Gasteiger partial charge in [0.15, 0.2) is 0 Å². The van der Waals surface area contributed by atoms with Crippen LogP contribution in [0.25, 0.3) is 0 Å². The van der Waals surface area contributed by atoms with Crippen LogP contribution in [0.4, 0.5) is 4.39 Å². The van der Waals surface area contributed by atoms with E-state index in [1.807, 2.05) is 6.07 Å². The van der Waals surface area contributed by atoms with Gasteiger partial charge in [0.1, 0.15) is 5.82 Å². The van der Waals surface area contributed by atoms with Crippen LogP contribution >= 0.6 is 0 Å². The number of benzene rings is 1. The van der Waals surface area contributed by atoms with Gasteiger partial charge in [0.2, 0.25) is 0 Å². The van der Waals surface area contributed by atoms with E-state index in [1.54, 1.807) is 12.1 Å². The summed E-state index contributed by atoms with van der Waals surface area (Å²) >= 11 is 0. The van der Waals surface area contributed by atoms with E-state index in [4.69, 9.17) is 5.73 Å². The molecule has 1 nitrogen and oxygen atoms in total. The van der Waals surface area contributed by atoms with Crippen molar-refractivity contribution in [2.75, 3.05) is 6.54 Å². The zero-order chi connectivity index (χ0) is 14.0. The molecule has 0 aliphatic heterocycles. The molecule has 2 rings (SSSR count). The molecule has 0 aromatic heterocycles. The average Bonchev–Trinajstić information content (AvgIpc) is 2.33. The minimum Gasteiger partial charge on any atom is -0.330 e. The monoisotopic (exact) mass is 263 g/mol. The second-order valence-corrected chi connectivity index (χ2v) is 6.94. The molecule has 2 unspecified atom stereocenters. The van der Waals surface area contributed by atoms with Crippen LogP contribution in [0.1, 0.15) is 44.2 Å². The molecular weight excluding hydrogens is 237 g/mol. The van der Waals surface area contributed by atoms with Crippen molar-refractivity contribution in [2.24, 2.45) is 23.0 Å². The van der Waals surface area contributed by atoms with Gasteiger partial charge in [-0.1, -0.05) is 19.9 Å². The molecule has 1 aliphatic carbocycles. The van der Waals surface area contributed by atoms with Gasteiger partial charge in [-0.2, -0.15) is 0 Å². The first-order valence-electron chi connectivity index (χ1n) is 7.36. The minimum atomic E-state index is -0.125. The fraction of sp³-hybridized carbons (Fsp3) is 0.647. The maximum absolute atomic E-state index is 13.4. The van der Waals surface area contributed by atoms with Crippen LogP contribution in [0, 0.1) is 30.0 Å². The van der Waals surface area contributed by atoms with E-state index in [0.29, 0.717) is 17.3 Å². The number of aryl methyl sites for hydroxylation is 1.